The highest BCUT2D eigenvalue weighted by Crippen LogP contribution is 2.26. The topological polar surface area (TPSA) is 78.0 Å². The lowest BCUT2D eigenvalue weighted by molar-refractivity contribution is 0.100. The van der Waals surface area contributed by atoms with Crippen molar-refractivity contribution >= 4 is 27.5 Å². The van der Waals surface area contributed by atoms with Crippen LogP contribution in [0.5, 0.6) is 0 Å². The molecule has 0 fully saturated rings. The van der Waals surface area contributed by atoms with E-state index in [0.29, 0.717) is 27.2 Å². The Kier molecular flexibility index (Phi) is 3.54. The molecule has 0 saturated carbocycles. The molecule has 0 aliphatic carbocycles. The maximum Gasteiger partial charge on any atom is 0.262 e. The Morgan fingerprint density at radius 1 is 1.32 bits per heavy atom. The van der Waals surface area contributed by atoms with Crippen molar-refractivity contribution in [3.8, 4) is 0 Å². The van der Waals surface area contributed by atoms with Gasteiger partial charge in [-0.05, 0) is 30.5 Å². The molecule has 0 aliphatic rings. The standard InChI is InChI=1S/C16H15N3O2S/c1-9-5-3-4-6-11(9)7-19-8-18-15-12(16(19)21)10(2)13(22-15)14(17)20/h3-6,8H,7H2,1-2H3,(H2,17,20). The third-order valence-electron chi connectivity index (χ3n) is 3.74. The van der Waals surface area contributed by atoms with Crippen molar-refractivity contribution < 1.29 is 4.79 Å². The normalized spacial score (nSPS) is 11.0. The van der Waals surface area contributed by atoms with Crippen LogP contribution in [0.25, 0.3) is 10.2 Å². The maximum atomic E-state index is 12.7. The number of amides is 1. The largest absolute Gasteiger partial charge is 0.365 e. The number of hydrogen-bond donors (Lipinski definition) is 1. The molecule has 0 radical (unpaired) electrons. The number of fused-ring (bicyclic) bond motifs is 1. The summed E-state index contributed by atoms with van der Waals surface area (Å²) in [6.45, 7) is 4.20. The highest BCUT2D eigenvalue weighted by molar-refractivity contribution is 7.20. The minimum atomic E-state index is -0.523. The van der Waals surface area contributed by atoms with Crippen LogP contribution in [0.3, 0.4) is 0 Å². The Morgan fingerprint density at radius 3 is 2.73 bits per heavy atom. The summed E-state index contributed by atoms with van der Waals surface area (Å²) >= 11 is 1.17. The van der Waals surface area contributed by atoms with Crippen LogP contribution in [-0.4, -0.2) is 15.5 Å². The SMILES string of the molecule is Cc1ccccc1Cn1cnc2sc(C(N)=O)c(C)c2c1=O. The molecule has 0 aliphatic heterocycles. The number of benzene rings is 1. The number of rotatable bonds is 3. The Balaban J connectivity index is 2.15. The van der Waals surface area contributed by atoms with Crippen LogP contribution >= 0.6 is 11.3 Å². The van der Waals surface area contributed by atoms with Crippen LogP contribution < -0.4 is 11.3 Å². The Hall–Kier alpha value is -2.47. The van der Waals surface area contributed by atoms with Gasteiger partial charge in [0.25, 0.3) is 11.5 Å². The van der Waals surface area contributed by atoms with E-state index in [1.807, 2.05) is 31.2 Å². The summed E-state index contributed by atoms with van der Waals surface area (Å²) in [5, 5.41) is 0.481. The van der Waals surface area contributed by atoms with E-state index in [1.165, 1.54) is 17.7 Å². The zero-order chi connectivity index (χ0) is 15.9. The number of aromatic nitrogens is 2. The van der Waals surface area contributed by atoms with E-state index in [0.717, 1.165) is 11.1 Å². The number of thiophene rings is 1. The Labute approximate surface area is 131 Å². The molecule has 1 aromatic carbocycles. The average Bonchev–Trinajstić information content (AvgIpc) is 2.82. The van der Waals surface area contributed by atoms with Gasteiger partial charge in [-0.3, -0.25) is 14.2 Å². The fraction of sp³-hybridized carbons (Fsp3) is 0.188. The van der Waals surface area contributed by atoms with Crippen LogP contribution in [0.4, 0.5) is 0 Å². The van der Waals surface area contributed by atoms with Gasteiger partial charge in [-0.15, -0.1) is 11.3 Å². The number of aryl methyl sites for hydroxylation is 2. The number of carbonyl (C=O) groups is 1. The van der Waals surface area contributed by atoms with Crippen molar-refractivity contribution in [2.45, 2.75) is 20.4 Å². The molecule has 2 heterocycles. The molecule has 112 valence electrons. The molecule has 0 spiro atoms. The van der Waals surface area contributed by atoms with E-state index >= 15 is 0 Å². The van der Waals surface area contributed by atoms with Crippen LogP contribution in [0.2, 0.25) is 0 Å². The van der Waals surface area contributed by atoms with Crippen molar-refractivity contribution in [2.75, 3.05) is 0 Å². The van der Waals surface area contributed by atoms with Gasteiger partial charge in [0.05, 0.1) is 23.1 Å². The minimum Gasteiger partial charge on any atom is -0.365 e. The third-order valence-corrected chi connectivity index (χ3v) is 4.96. The second-order valence-corrected chi connectivity index (χ2v) is 6.20. The monoisotopic (exact) mass is 313 g/mol. The quantitative estimate of drug-likeness (QED) is 0.805. The van der Waals surface area contributed by atoms with Crippen molar-refractivity contribution in [1.29, 1.82) is 0 Å². The van der Waals surface area contributed by atoms with Gasteiger partial charge in [-0.25, -0.2) is 4.98 Å². The second kappa shape index (κ2) is 5.38. The molecule has 6 heteroatoms. The van der Waals surface area contributed by atoms with E-state index in [-0.39, 0.29) is 5.56 Å². The molecule has 0 unspecified atom stereocenters. The maximum absolute atomic E-state index is 12.7. The average molecular weight is 313 g/mol. The van der Waals surface area contributed by atoms with Gasteiger partial charge < -0.3 is 5.73 Å². The number of nitrogens with two attached hydrogens (primary N) is 1. The first-order valence-corrected chi connectivity index (χ1v) is 7.63. The predicted molar refractivity (Wildman–Crippen MR) is 87.4 cm³/mol. The minimum absolute atomic E-state index is 0.144. The summed E-state index contributed by atoms with van der Waals surface area (Å²) < 4.78 is 1.56. The number of primary amides is 1. The third kappa shape index (κ3) is 2.31. The lowest BCUT2D eigenvalue weighted by Gasteiger charge is -2.08. The zero-order valence-corrected chi connectivity index (χ0v) is 13.1. The highest BCUT2D eigenvalue weighted by atomic mass is 32.1. The fourth-order valence-corrected chi connectivity index (χ4v) is 3.47. The summed E-state index contributed by atoms with van der Waals surface area (Å²) in [5.74, 6) is -0.523. The van der Waals surface area contributed by atoms with Crippen molar-refractivity contribution in [2.24, 2.45) is 5.73 Å². The van der Waals surface area contributed by atoms with E-state index < -0.39 is 5.91 Å². The van der Waals surface area contributed by atoms with Gasteiger partial charge in [-0.1, -0.05) is 24.3 Å². The van der Waals surface area contributed by atoms with Gasteiger partial charge in [0.1, 0.15) is 4.83 Å². The first-order valence-electron chi connectivity index (χ1n) is 6.82. The number of hydrogen-bond acceptors (Lipinski definition) is 4. The molecule has 0 atom stereocenters. The molecule has 2 N–H and O–H groups in total. The van der Waals surface area contributed by atoms with Crippen LogP contribution in [0, 0.1) is 13.8 Å². The Morgan fingerprint density at radius 2 is 2.05 bits per heavy atom. The molecule has 22 heavy (non-hydrogen) atoms. The number of nitrogens with zero attached hydrogens (tertiary/aromatic N) is 2. The van der Waals surface area contributed by atoms with Gasteiger partial charge >= 0.3 is 0 Å². The van der Waals surface area contributed by atoms with Gasteiger partial charge in [0.15, 0.2) is 0 Å². The van der Waals surface area contributed by atoms with E-state index in [2.05, 4.69) is 4.98 Å². The highest BCUT2D eigenvalue weighted by Gasteiger charge is 2.17. The van der Waals surface area contributed by atoms with Crippen molar-refractivity contribution in [3.05, 3.63) is 62.5 Å². The van der Waals surface area contributed by atoms with Crippen molar-refractivity contribution in [1.82, 2.24) is 9.55 Å². The summed E-state index contributed by atoms with van der Waals surface area (Å²) in [6, 6.07) is 7.90. The molecule has 0 bridgehead atoms. The van der Waals surface area contributed by atoms with E-state index in [4.69, 9.17) is 5.73 Å². The van der Waals surface area contributed by atoms with Gasteiger partial charge in [0.2, 0.25) is 0 Å². The Bertz CT molecular complexity index is 940. The van der Waals surface area contributed by atoms with Gasteiger partial charge in [0, 0.05) is 0 Å². The molecule has 0 saturated heterocycles. The summed E-state index contributed by atoms with van der Waals surface area (Å²) in [5.41, 5.74) is 8.00. The lowest BCUT2D eigenvalue weighted by atomic mass is 10.1. The van der Waals surface area contributed by atoms with Crippen LogP contribution in [0.1, 0.15) is 26.4 Å². The number of carbonyl (C=O) groups excluding carboxylic acids is 1. The predicted octanol–water partition coefficient (Wildman–Crippen LogP) is 2.22. The zero-order valence-electron chi connectivity index (χ0n) is 12.3. The van der Waals surface area contributed by atoms with Gasteiger partial charge in [-0.2, -0.15) is 0 Å². The van der Waals surface area contributed by atoms with E-state index in [1.54, 1.807) is 11.5 Å². The molecule has 1 amide bonds. The summed E-state index contributed by atoms with van der Waals surface area (Å²) in [6.07, 6.45) is 1.53. The molecule has 5 nitrogen and oxygen atoms in total. The van der Waals surface area contributed by atoms with Crippen molar-refractivity contribution in [3.63, 3.8) is 0 Å². The molecular formula is C16H15N3O2S. The molecule has 3 rings (SSSR count). The first-order chi connectivity index (χ1) is 10.5. The first kappa shape index (κ1) is 14.5. The van der Waals surface area contributed by atoms with Crippen LogP contribution in [0.15, 0.2) is 35.4 Å². The molecule has 3 aromatic rings. The summed E-state index contributed by atoms with van der Waals surface area (Å²) in [7, 11) is 0. The molecule has 2 aromatic heterocycles. The smallest absolute Gasteiger partial charge is 0.262 e. The van der Waals surface area contributed by atoms with Crippen LogP contribution in [-0.2, 0) is 6.54 Å². The lowest BCUT2D eigenvalue weighted by Crippen LogP contribution is -2.21. The fourth-order valence-electron chi connectivity index (χ4n) is 2.48. The second-order valence-electron chi connectivity index (χ2n) is 5.20. The van der Waals surface area contributed by atoms with E-state index in [9.17, 15) is 9.59 Å². The molecular weight excluding hydrogens is 298 g/mol. The summed E-state index contributed by atoms with van der Waals surface area (Å²) in [4.78, 5) is 29.4.